The molecule has 1 aromatic rings. The van der Waals surface area contributed by atoms with Crippen LogP contribution in [-0.4, -0.2) is 52.7 Å². The van der Waals surface area contributed by atoms with E-state index < -0.39 is 5.60 Å². The van der Waals surface area contributed by atoms with Crippen LogP contribution in [0.25, 0.3) is 0 Å². The molecule has 1 saturated heterocycles. The van der Waals surface area contributed by atoms with Gasteiger partial charge in [0.2, 0.25) is 5.91 Å². The van der Waals surface area contributed by atoms with Crippen LogP contribution in [0.1, 0.15) is 51.4 Å². The van der Waals surface area contributed by atoms with E-state index in [9.17, 15) is 9.90 Å². The third-order valence-corrected chi connectivity index (χ3v) is 7.50. The molecule has 4 bridgehead atoms. The molecule has 1 N–H and O–H groups in total. The molecule has 5 heteroatoms. The first-order valence-corrected chi connectivity index (χ1v) is 10.7. The Bertz CT molecular complexity index is 693. The van der Waals surface area contributed by atoms with Crippen LogP contribution in [0, 0.1) is 17.3 Å². The molecule has 1 aromatic heterocycles. The summed E-state index contributed by atoms with van der Waals surface area (Å²) < 4.78 is 0. The Morgan fingerprint density at radius 1 is 1.11 bits per heavy atom. The highest BCUT2D eigenvalue weighted by molar-refractivity contribution is 5.77. The van der Waals surface area contributed by atoms with Crippen molar-refractivity contribution in [2.45, 2.75) is 57.0 Å². The predicted octanol–water partition coefficient (Wildman–Crippen LogP) is 2.84. The largest absolute Gasteiger partial charge is 0.390 e. The lowest BCUT2D eigenvalue weighted by atomic mass is 9.47. The minimum atomic E-state index is -0.473. The monoisotopic (exact) mass is 369 g/mol. The second kappa shape index (κ2) is 6.47. The van der Waals surface area contributed by atoms with Crippen LogP contribution >= 0.6 is 0 Å². The topological polar surface area (TPSA) is 56.7 Å². The van der Waals surface area contributed by atoms with Crippen molar-refractivity contribution in [2.75, 3.05) is 31.1 Å². The lowest BCUT2D eigenvalue weighted by Gasteiger charge is -2.60. The summed E-state index contributed by atoms with van der Waals surface area (Å²) in [7, 11) is 0. The van der Waals surface area contributed by atoms with Crippen molar-refractivity contribution in [1.82, 2.24) is 9.88 Å². The number of carbonyl (C=O) groups excluding carboxylic acids is 1. The second-order valence-corrected chi connectivity index (χ2v) is 9.77. The minimum Gasteiger partial charge on any atom is -0.390 e. The van der Waals surface area contributed by atoms with Gasteiger partial charge in [0.05, 0.1) is 5.60 Å². The molecule has 0 radical (unpaired) electrons. The summed E-state index contributed by atoms with van der Waals surface area (Å²) in [6.07, 6.45) is 9.87. The highest BCUT2D eigenvalue weighted by Gasteiger charge is 2.57. The Labute approximate surface area is 161 Å². The van der Waals surface area contributed by atoms with Gasteiger partial charge < -0.3 is 14.9 Å². The number of amides is 1. The molecular formula is C22H31N3O2. The molecule has 4 aliphatic carbocycles. The van der Waals surface area contributed by atoms with Crippen molar-refractivity contribution in [3.8, 4) is 0 Å². The minimum absolute atomic E-state index is 0.0723. The van der Waals surface area contributed by atoms with Crippen LogP contribution in [0.5, 0.6) is 0 Å². The lowest BCUT2D eigenvalue weighted by Crippen LogP contribution is -2.56. The van der Waals surface area contributed by atoms with Gasteiger partial charge in [-0.2, -0.15) is 0 Å². The molecule has 6 rings (SSSR count). The maximum absolute atomic E-state index is 13.2. The fraction of sp³-hybridized carbons (Fsp3) is 0.727. The van der Waals surface area contributed by atoms with Crippen LogP contribution in [0.4, 0.5) is 5.82 Å². The summed E-state index contributed by atoms with van der Waals surface area (Å²) in [5.41, 5.74) is -0.401. The molecule has 0 unspecified atom stereocenters. The summed E-state index contributed by atoms with van der Waals surface area (Å²) in [4.78, 5) is 22.0. The number of carbonyl (C=O) groups is 1. The van der Waals surface area contributed by atoms with Crippen molar-refractivity contribution in [1.29, 1.82) is 0 Å². The van der Waals surface area contributed by atoms with Gasteiger partial charge in [-0.15, -0.1) is 0 Å². The van der Waals surface area contributed by atoms with Gasteiger partial charge in [0.1, 0.15) is 5.82 Å². The number of hydrogen-bond acceptors (Lipinski definition) is 4. The average molecular weight is 370 g/mol. The lowest BCUT2D eigenvalue weighted by molar-refractivity contribution is -0.172. The van der Waals surface area contributed by atoms with E-state index in [0.717, 1.165) is 70.5 Å². The molecule has 4 saturated carbocycles. The molecular weight excluding hydrogens is 338 g/mol. The number of pyridine rings is 1. The highest BCUT2D eigenvalue weighted by Crippen LogP contribution is 2.62. The number of anilines is 1. The summed E-state index contributed by atoms with van der Waals surface area (Å²) in [5, 5.41) is 11.0. The molecule has 1 amide bonds. The van der Waals surface area contributed by atoms with E-state index in [1.807, 2.05) is 24.4 Å². The van der Waals surface area contributed by atoms with Crippen molar-refractivity contribution < 1.29 is 9.90 Å². The van der Waals surface area contributed by atoms with Crippen LogP contribution in [0.15, 0.2) is 24.4 Å². The first-order chi connectivity index (χ1) is 13.0. The van der Waals surface area contributed by atoms with E-state index in [4.69, 9.17) is 0 Å². The fourth-order valence-electron chi connectivity index (χ4n) is 6.98. The third kappa shape index (κ3) is 3.35. The van der Waals surface area contributed by atoms with Crippen molar-refractivity contribution in [2.24, 2.45) is 17.3 Å². The van der Waals surface area contributed by atoms with Gasteiger partial charge in [0.25, 0.3) is 0 Å². The summed E-state index contributed by atoms with van der Waals surface area (Å²) in [6, 6.07) is 6.01. The molecule has 2 heterocycles. The Morgan fingerprint density at radius 3 is 2.63 bits per heavy atom. The Morgan fingerprint density at radius 2 is 1.93 bits per heavy atom. The zero-order valence-corrected chi connectivity index (χ0v) is 16.1. The van der Waals surface area contributed by atoms with E-state index in [1.54, 1.807) is 0 Å². The van der Waals surface area contributed by atoms with Crippen molar-refractivity contribution in [3.63, 3.8) is 0 Å². The van der Waals surface area contributed by atoms with Gasteiger partial charge in [-0.1, -0.05) is 6.07 Å². The molecule has 146 valence electrons. The highest BCUT2D eigenvalue weighted by atomic mass is 16.3. The second-order valence-electron chi connectivity index (χ2n) is 9.77. The zero-order valence-electron chi connectivity index (χ0n) is 16.1. The fourth-order valence-corrected chi connectivity index (χ4v) is 6.98. The number of aliphatic hydroxyl groups is 1. The zero-order chi connectivity index (χ0) is 18.5. The van der Waals surface area contributed by atoms with E-state index >= 15 is 0 Å². The molecule has 0 spiro atoms. The smallest absolute Gasteiger partial charge is 0.223 e. The molecule has 5 fully saturated rings. The average Bonchev–Trinajstić information content (AvgIpc) is 2.86. The first kappa shape index (κ1) is 17.5. The SMILES string of the molecule is O=C(CC12C[C@H]3C[C@@H](CC(O)(C3)C1)C2)N1CCCN(c2ccccn2)CC1. The van der Waals surface area contributed by atoms with Gasteiger partial charge in [-0.05, 0) is 74.3 Å². The molecule has 1 aliphatic heterocycles. The molecule has 0 aromatic carbocycles. The molecule has 5 nitrogen and oxygen atoms in total. The van der Waals surface area contributed by atoms with E-state index in [-0.39, 0.29) is 5.41 Å². The Kier molecular flexibility index (Phi) is 4.19. The van der Waals surface area contributed by atoms with E-state index in [0.29, 0.717) is 24.2 Å². The first-order valence-electron chi connectivity index (χ1n) is 10.7. The van der Waals surface area contributed by atoms with Gasteiger partial charge in [-0.25, -0.2) is 4.98 Å². The van der Waals surface area contributed by atoms with Gasteiger partial charge in [-0.3, -0.25) is 4.79 Å². The molecule has 27 heavy (non-hydrogen) atoms. The number of rotatable bonds is 3. The van der Waals surface area contributed by atoms with E-state index in [1.165, 1.54) is 6.42 Å². The standard InChI is InChI=1S/C22H31N3O2/c26-20(15-21-11-17-10-18(12-21)14-22(27,13-17)16-21)25-7-3-6-24(8-9-25)19-4-1-2-5-23-19/h1-2,4-5,17-18,27H,3,6-16H2/t17-,18-,21?,22?/m1/s1. The van der Waals surface area contributed by atoms with Crippen LogP contribution < -0.4 is 4.90 Å². The van der Waals surface area contributed by atoms with Crippen molar-refractivity contribution >= 4 is 11.7 Å². The number of aromatic nitrogens is 1. The third-order valence-electron chi connectivity index (χ3n) is 7.50. The maximum Gasteiger partial charge on any atom is 0.223 e. The van der Waals surface area contributed by atoms with Crippen LogP contribution in [-0.2, 0) is 4.79 Å². The quantitative estimate of drug-likeness (QED) is 0.890. The number of hydrogen-bond donors (Lipinski definition) is 1. The normalized spacial score (nSPS) is 38.1. The van der Waals surface area contributed by atoms with Gasteiger partial charge in [0.15, 0.2) is 0 Å². The number of nitrogens with zero attached hydrogens (tertiary/aromatic N) is 3. The Balaban J connectivity index is 1.24. The summed E-state index contributed by atoms with van der Waals surface area (Å²) in [6.45, 7) is 3.43. The molecule has 2 atom stereocenters. The Hall–Kier alpha value is -1.62. The predicted molar refractivity (Wildman–Crippen MR) is 104 cm³/mol. The maximum atomic E-state index is 13.2. The van der Waals surface area contributed by atoms with E-state index in [2.05, 4.69) is 14.8 Å². The van der Waals surface area contributed by atoms with Gasteiger partial charge >= 0.3 is 0 Å². The van der Waals surface area contributed by atoms with Crippen LogP contribution in [0.3, 0.4) is 0 Å². The van der Waals surface area contributed by atoms with Gasteiger partial charge in [0, 0.05) is 38.8 Å². The van der Waals surface area contributed by atoms with Crippen LogP contribution in [0.2, 0.25) is 0 Å². The summed E-state index contributed by atoms with van der Waals surface area (Å²) >= 11 is 0. The van der Waals surface area contributed by atoms with Crippen molar-refractivity contribution in [3.05, 3.63) is 24.4 Å². The summed E-state index contributed by atoms with van der Waals surface area (Å²) in [5.74, 6) is 2.61. The molecule has 5 aliphatic rings.